The molecule has 0 saturated heterocycles. The molecule has 274 valence electrons. The molecule has 58 heavy (non-hydrogen) atoms. The SMILES string of the molecule is CC1(C)c2ccccc2-c2ccc(-c3cc(-c4cc(-c5ccccc5)cc(-c5ccc6oc7ccccc7c6c5)c4)nc(-c4ccc(-c5ccccc5)cc4)n3)cc21. The topological polar surface area (TPSA) is 38.9 Å². The molecule has 2 aromatic heterocycles. The maximum Gasteiger partial charge on any atom is 0.160 e. The van der Waals surface area contributed by atoms with E-state index in [0.717, 1.165) is 77.8 Å². The summed E-state index contributed by atoms with van der Waals surface area (Å²) in [4.78, 5) is 10.7. The van der Waals surface area contributed by atoms with Crippen molar-refractivity contribution in [3.63, 3.8) is 0 Å². The molecule has 0 bridgehead atoms. The van der Waals surface area contributed by atoms with Gasteiger partial charge < -0.3 is 4.42 Å². The monoisotopic (exact) mass is 742 g/mol. The van der Waals surface area contributed by atoms with Crippen molar-refractivity contribution in [1.82, 2.24) is 9.97 Å². The van der Waals surface area contributed by atoms with Crippen molar-refractivity contribution in [1.29, 1.82) is 0 Å². The number of hydrogen-bond acceptors (Lipinski definition) is 3. The summed E-state index contributed by atoms with van der Waals surface area (Å²) in [6.07, 6.45) is 0. The van der Waals surface area contributed by atoms with Crippen LogP contribution in [0.5, 0.6) is 0 Å². The van der Waals surface area contributed by atoms with E-state index in [2.05, 4.69) is 190 Å². The Bertz CT molecular complexity index is 3180. The van der Waals surface area contributed by atoms with E-state index in [9.17, 15) is 0 Å². The molecular formula is C55H38N2O. The van der Waals surface area contributed by atoms with E-state index in [-0.39, 0.29) is 5.41 Å². The fourth-order valence-electron chi connectivity index (χ4n) is 8.82. The predicted octanol–water partition coefficient (Wildman–Crippen LogP) is 14.7. The van der Waals surface area contributed by atoms with Gasteiger partial charge >= 0.3 is 0 Å². The predicted molar refractivity (Wildman–Crippen MR) is 239 cm³/mol. The molecule has 8 aromatic carbocycles. The molecule has 11 rings (SSSR count). The van der Waals surface area contributed by atoms with Crippen molar-refractivity contribution < 1.29 is 4.42 Å². The third-order valence-corrected chi connectivity index (χ3v) is 11.9. The largest absolute Gasteiger partial charge is 0.456 e. The maximum atomic E-state index is 6.21. The van der Waals surface area contributed by atoms with Gasteiger partial charge in [-0.15, -0.1) is 0 Å². The molecular weight excluding hydrogens is 705 g/mol. The van der Waals surface area contributed by atoms with Crippen molar-refractivity contribution in [3.05, 3.63) is 205 Å². The lowest BCUT2D eigenvalue weighted by atomic mass is 9.82. The fourth-order valence-corrected chi connectivity index (χ4v) is 8.82. The molecule has 0 saturated carbocycles. The van der Waals surface area contributed by atoms with E-state index in [0.29, 0.717) is 5.82 Å². The minimum absolute atomic E-state index is 0.131. The number of furan rings is 1. The Kier molecular flexibility index (Phi) is 7.84. The molecule has 0 atom stereocenters. The summed E-state index contributed by atoms with van der Waals surface area (Å²) >= 11 is 0. The molecule has 0 spiro atoms. The average molecular weight is 743 g/mol. The van der Waals surface area contributed by atoms with E-state index >= 15 is 0 Å². The first-order valence-electron chi connectivity index (χ1n) is 19.9. The summed E-state index contributed by atoms with van der Waals surface area (Å²) in [6, 6.07) is 69.1. The van der Waals surface area contributed by atoms with Crippen LogP contribution in [0.3, 0.4) is 0 Å². The summed E-state index contributed by atoms with van der Waals surface area (Å²) < 4.78 is 6.21. The van der Waals surface area contributed by atoms with Gasteiger partial charge in [-0.25, -0.2) is 9.97 Å². The van der Waals surface area contributed by atoms with Crippen LogP contribution in [-0.2, 0) is 5.41 Å². The number of hydrogen-bond donors (Lipinski definition) is 0. The van der Waals surface area contributed by atoms with Gasteiger partial charge in [-0.3, -0.25) is 0 Å². The van der Waals surface area contributed by atoms with Crippen LogP contribution >= 0.6 is 0 Å². The molecule has 3 heteroatoms. The second-order valence-corrected chi connectivity index (χ2v) is 15.8. The molecule has 0 unspecified atom stereocenters. The van der Waals surface area contributed by atoms with E-state index in [4.69, 9.17) is 14.4 Å². The van der Waals surface area contributed by atoms with Crippen LogP contribution in [0.25, 0.3) is 100 Å². The molecule has 0 radical (unpaired) electrons. The van der Waals surface area contributed by atoms with Gasteiger partial charge in [-0.05, 0) is 104 Å². The quantitative estimate of drug-likeness (QED) is 0.170. The van der Waals surface area contributed by atoms with Gasteiger partial charge in [-0.1, -0.05) is 159 Å². The summed E-state index contributed by atoms with van der Waals surface area (Å²) in [6.45, 7) is 4.65. The minimum atomic E-state index is -0.131. The Morgan fingerprint density at radius 1 is 0.345 bits per heavy atom. The third-order valence-electron chi connectivity index (χ3n) is 11.9. The van der Waals surface area contributed by atoms with Crippen molar-refractivity contribution in [3.8, 4) is 78.4 Å². The Hall–Kier alpha value is -7.36. The average Bonchev–Trinajstić information content (AvgIpc) is 3.77. The van der Waals surface area contributed by atoms with Crippen LogP contribution in [0.15, 0.2) is 199 Å². The van der Waals surface area contributed by atoms with E-state index in [1.165, 1.54) is 27.8 Å². The Morgan fingerprint density at radius 2 is 0.879 bits per heavy atom. The van der Waals surface area contributed by atoms with Gasteiger partial charge in [0, 0.05) is 32.9 Å². The zero-order valence-corrected chi connectivity index (χ0v) is 32.3. The van der Waals surface area contributed by atoms with Gasteiger partial charge in [0.05, 0.1) is 11.4 Å². The highest BCUT2D eigenvalue weighted by Crippen LogP contribution is 2.49. The molecule has 2 heterocycles. The number of fused-ring (bicyclic) bond motifs is 6. The van der Waals surface area contributed by atoms with Gasteiger partial charge in [0.25, 0.3) is 0 Å². The fraction of sp³-hybridized carbons (Fsp3) is 0.0545. The highest BCUT2D eigenvalue weighted by atomic mass is 16.3. The van der Waals surface area contributed by atoms with Crippen LogP contribution in [0.4, 0.5) is 0 Å². The summed E-state index contributed by atoms with van der Waals surface area (Å²) in [7, 11) is 0. The molecule has 0 aliphatic heterocycles. The number of rotatable bonds is 6. The first-order valence-corrected chi connectivity index (χ1v) is 19.9. The molecule has 0 fully saturated rings. The zero-order chi connectivity index (χ0) is 38.8. The number of nitrogens with zero attached hydrogens (tertiary/aromatic N) is 2. The lowest BCUT2D eigenvalue weighted by molar-refractivity contribution is 0.660. The minimum Gasteiger partial charge on any atom is -0.456 e. The summed E-state index contributed by atoms with van der Waals surface area (Å²) in [5.74, 6) is 0.688. The normalized spacial score (nSPS) is 12.8. The lowest BCUT2D eigenvalue weighted by Crippen LogP contribution is -2.14. The van der Waals surface area contributed by atoms with Crippen LogP contribution in [0.2, 0.25) is 0 Å². The second kappa shape index (κ2) is 13.4. The summed E-state index contributed by atoms with van der Waals surface area (Å²) in [5, 5.41) is 2.22. The highest BCUT2D eigenvalue weighted by Gasteiger charge is 2.35. The standard InChI is InChI=1S/C55H38N2O/c1-55(2)48-19-11-9-17-44(48)45-27-25-40(33-49(45)55)50-34-51(57-54(56-50)38-23-21-37(22-24-38)35-13-5-3-6-14-35)43-30-41(36-15-7-4-8-16-36)29-42(31-43)39-26-28-53-47(32-39)46-18-10-12-20-52(46)58-53/h3-34H,1-2H3. The van der Waals surface area contributed by atoms with Gasteiger partial charge in [-0.2, -0.15) is 0 Å². The van der Waals surface area contributed by atoms with Crippen LogP contribution in [-0.4, -0.2) is 9.97 Å². The number of benzene rings is 8. The maximum absolute atomic E-state index is 6.21. The van der Waals surface area contributed by atoms with Crippen molar-refractivity contribution in [2.45, 2.75) is 19.3 Å². The van der Waals surface area contributed by atoms with E-state index < -0.39 is 0 Å². The van der Waals surface area contributed by atoms with Crippen molar-refractivity contribution in [2.24, 2.45) is 0 Å². The first-order chi connectivity index (χ1) is 28.5. The van der Waals surface area contributed by atoms with Gasteiger partial charge in [0.2, 0.25) is 0 Å². The Labute approximate surface area is 338 Å². The number of para-hydroxylation sites is 1. The van der Waals surface area contributed by atoms with E-state index in [1.807, 2.05) is 18.2 Å². The zero-order valence-electron chi connectivity index (χ0n) is 32.3. The molecule has 3 nitrogen and oxygen atoms in total. The Morgan fingerprint density at radius 3 is 1.66 bits per heavy atom. The molecule has 10 aromatic rings. The molecule has 1 aliphatic rings. The molecule has 0 N–H and O–H groups in total. The summed E-state index contributed by atoms with van der Waals surface area (Å²) in [5.41, 5.74) is 18.6. The van der Waals surface area contributed by atoms with E-state index in [1.54, 1.807) is 0 Å². The van der Waals surface area contributed by atoms with Crippen LogP contribution in [0.1, 0.15) is 25.0 Å². The molecule has 1 aliphatic carbocycles. The van der Waals surface area contributed by atoms with Gasteiger partial charge in [0.1, 0.15) is 11.2 Å². The van der Waals surface area contributed by atoms with Crippen LogP contribution < -0.4 is 0 Å². The second-order valence-electron chi connectivity index (χ2n) is 15.8. The molecule has 0 amide bonds. The van der Waals surface area contributed by atoms with Gasteiger partial charge in [0.15, 0.2) is 5.82 Å². The van der Waals surface area contributed by atoms with Crippen molar-refractivity contribution >= 4 is 21.9 Å². The van der Waals surface area contributed by atoms with Crippen molar-refractivity contribution in [2.75, 3.05) is 0 Å². The highest BCUT2D eigenvalue weighted by molar-refractivity contribution is 6.06. The van der Waals surface area contributed by atoms with Crippen LogP contribution in [0, 0.1) is 0 Å². The Balaban J connectivity index is 1.10. The smallest absolute Gasteiger partial charge is 0.160 e. The first kappa shape index (κ1) is 33.9. The lowest BCUT2D eigenvalue weighted by Gasteiger charge is -2.22. The number of aromatic nitrogens is 2. The third kappa shape index (κ3) is 5.74.